The fraction of sp³-hybridized carbons (Fsp3) is 0.400. The third-order valence-corrected chi connectivity index (χ3v) is 2.79. The second-order valence-corrected chi connectivity index (χ2v) is 4.09. The number of nitro benzene ring substituents is 1. The summed E-state index contributed by atoms with van der Waals surface area (Å²) in [6.45, 7) is 0.0594. The Morgan fingerprint density at radius 3 is 2.69 bits per heavy atom. The molecule has 1 aliphatic rings. The van der Waals surface area contributed by atoms with Gasteiger partial charge in [-0.1, -0.05) is 0 Å². The van der Waals surface area contributed by atoms with Crippen LogP contribution in [0.1, 0.15) is 12.8 Å². The van der Waals surface area contributed by atoms with Crippen LogP contribution in [0.15, 0.2) is 18.2 Å². The minimum Gasteiger partial charge on any atom is -0.394 e. The van der Waals surface area contributed by atoms with E-state index in [9.17, 15) is 10.1 Å². The number of rotatable bonds is 4. The van der Waals surface area contributed by atoms with Crippen LogP contribution in [0.2, 0.25) is 0 Å². The Kier molecular flexibility index (Phi) is 2.43. The molecule has 16 heavy (non-hydrogen) atoms. The number of hydrogen-bond acceptors (Lipinski definition) is 5. The van der Waals surface area contributed by atoms with Crippen molar-refractivity contribution in [1.82, 2.24) is 0 Å². The first-order valence-corrected chi connectivity index (χ1v) is 4.99. The van der Waals surface area contributed by atoms with E-state index in [0.717, 1.165) is 12.8 Å². The van der Waals surface area contributed by atoms with E-state index in [4.69, 9.17) is 10.8 Å². The van der Waals surface area contributed by atoms with Crippen LogP contribution in [0.5, 0.6) is 0 Å². The van der Waals surface area contributed by atoms with Gasteiger partial charge in [-0.05, 0) is 25.0 Å². The molecule has 6 nitrogen and oxygen atoms in total. The Morgan fingerprint density at radius 2 is 2.25 bits per heavy atom. The maximum atomic E-state index is 10.6. The first-order chi connectivity index (χ1) is 7.56. The summed E-state index contributed by atoms with van der Waals surface area (Å²) in [6.07, 6.45) is 1.81. The third kappa shape index (κ3) is 1.92. The summed E-state index contributed by atoms with van der Waals surface area (Å²) in [7, 11) is 0. The number of aliphatic hydroxyl groups excluding tert-OH is 1. The zero-order chi connectivity index (χ0) is 11.8. The van der Waals surface area contributed by atoms with Gasteiger partial charge in [0.25, 0.3) is 5.69 Å². The van der Waals surface area contributed by atoms with Gasteiger partial charge in [-0.15, -0.1) is 0 Å². The Bertz CT molecular complexity index is 429. The predicted octanol–water partition coefficient (Wildman–Crippen LogP) is 1.11. The van der Waals surface area contributed by atoms with E-state index in [1.807, 2.05) is 0 Å². The molecule has 0 spiro atoms. The topological polar surface area (TPSA) is 101 Å². The van der Waals surface area contributed by atoms with E-state index < -0.39 is 4.92 Å². The van der Waals surface area contributed by atoms with Crippen molar-refractivity contribution in [2.45, 2.75) is 18.4 Å². The van der Waals surface area contributed by atoms with Gasteiger partial charge in [0.2, 0.25) is 0 Å². The second kappa shape index (κ2) is 3.64. The molecule has 0 radical (unpaired) electrons. The van der Waals surface area contributed by atoms with Gasteiger partial charge in [0, 0.05) is 11.8 Å². The van der Waals surface area contributed by atoms with Crippen molar-refractivity contribution in [3.8, 4) is 0 Å². The summed E-state index contributed by atoms with van der Waals surface area (Å²) in [6, 6.07) is 4.49. The monoisotopic (exact) mass is 223 g/mol. The summed E-state index contributed by atoms with van der Waals surface area (Å²) in [5.41, 5.74) is 6.05. The van der Waals surface area contributed by atoms with Gasteiger partial charge in [-0.3, -0.25) is 10.1 Å². The normalized spacial score (nSPS) is 16.8. The predicted molar refractivity (Wildman–Crippen MR) is 60.2 cm³/mol. The maximum Gasteiger partial charge on any atom is 0.292 e. The van der Waals surface area contributed by atoms with Crippen LogP contribution in [-0.4, -0.2) is 22.2 Å². The lowest BCUT2D eigenvalue weighted by Gasteiger charge is -2.15. The average Bonchev–Trinajstić information content (AvgIpc) is 2.98. The maximum absolute atomic E-state index is 10.6. The first-order valence-electron chi connectivity index (χ1n) is 4.99. The van der Waals surface area contributed by atoms with Crippen LogP contribution in [0.25, 0.3) is 0 Å². The number of nitro groups is 1. The van der Waals surface area contributed by atoms with Gasteiger partial charge in [0.05, 0.1) is 17.1 Å². The molecule has 0 atom stereocenters. The van der Waals surface area contributed by atoms with Crippen molar-refractivity contribution in [1.29, 1.82) is 0 Å². The lowest BCUT2D eigenvalue weighted by atomic mass is 10.2. The summed E-state index contributed by atoms with van der Waals surface area (Å²) in [4.78, 5) is 10.0. The fourth-order valence-corrected chi connectivity index (χ4v) is 1.58. The van der Waals surface area contributed by atoms with Crippen LogP contribution in [0.3, 0.4) is 0 Å². The van der Waals surface area contributed by atoms with Gasteiger partial charge in [-0.2, -0.15) is 0 Å². The first kappa shape index (κ1) is 10.7. The highest BCUT2D eigenvalue weighted by molar-refractivity contribution is 5.66. The molecule has 0 heterocycles. The van der Waals surface area contributed by atoms with Crippen molar-refractivity contribution < 1.29 is 10.0 Å². The molecule has 0 amide bonds. The van der Waals surface area contributed by atoms with Gasteiger partial charge in [0.1, 0.15) is 5.69 Å². The zero-order valence-electron chi connectivity index (χ0n) is 8.64. The molecule has 1 fully saturated rings. The Labute approximate surface area is 92.2 Å². The molecule has 0 aliphatic heterocycles. The highest BCUT2D eigenvalue weighted by Gasteiger charge is 2.42. The SMILES string of the molecule is Nc1cc(NC2(CO)CC2)ccc1[N+](=O)[O-]. The molecule has 6 heteroatoms. The smallest absolute Gasteiger partial charge is 0.292 e. The molecule has 1 aliphatic carbocycles. The molecular weight excluding hydrogens is 210 g/mol. The molecule has 4 N–H and O–H groups in total. The lowest BCUT2D eigenvalue weighted by Crippen LogP contribution is -2.25. The number of aliphatic hydroxyl groups is 1. The number of nitrogens with one attached hydrogen (secondary N) is 1. The van der Waals surface area contributed by atoms with Gasteiger partial charge in [-0.25, -0.2) is 0 Å². The number of anilines is 2. The van der Waals surface area contributed by atoms with Gasteiger partial charge < -0.3 is 16.2 Å². The van der Waals surface area contributed by atoms with E-state index in [2.05, 4.69) is 5.32 Å². The van der Waals surface area contributed by atoms with Crippen LogP contribution in [0, 0.1) is 10.1 Å². The third-order valence-electron chi connectivity index (χ3n) is 2.79. The molecule has 2 rings (SSSR count). The number of nitrogen functional groups attached to an aromatic ring is 1. The van der Waals surface area contributed by atoms with E-state index >= 15 is 0 Å². The van der Waals surface area contributed by atoms with Crippen molar-refractivity contribution in [3.63, 3.8) is 0 Å². The highest BCUT2D eigenvalue weighted by Crippen LogP contribution is 2.39. The van der Waals surface area contributed by atoms with Crippen molar-refractivity contribution in [2.75, 3.05) is 17.7 Å². The van der Waals surface area contributed by atoms with Crippen LogP contribution < -0.4 is 11.1 Å². The average molecular weight is 223 g/mol. The summed E-state index contributed by atoms with van der Waals surface area (Å²) < 4.78 is 0. The van der Waals surface area contributed by atoms with Crippen LogP contribution in [-0.2, 0) is 0 Å². The highest BCUT2D eigenvalue weighted by atomic mass is 16.6. The summed E-state index contributed by atoms with van der Waals surface area (Å²) in [5.74, 6) is 0. The Hall–Kier alpha value is -1.82. The van der Waals surface area contributed by atoms with E-state index in [1.54, 1.807) is 6.07 Å². The molecule has 1 aromatic rings. The molecule has 0 bridgehead atoms. The number of nitrogens with two attached hydrogens (primary N) is 1. The molecule has 0 saturated heterocycles. The molecule has 0 unspecified atom stereocenters. The quantitative estimate of drug-likeness (QED) is 0.403. The van der Waals surface area contributed by atoms with Crippen molar-refractivity contribution in [3.05, 3.63) is 28.3 Å². The molecule has 1 saturated carbocycles. The van der Waals surface area contributed by atoms with Crippen molar-refractivity contribution in [2.24, 2.45) is 0 Å². The number of hydrogen-bond donors (Lipinski definition) is 3. The minimum absolute atomic E-state index is 0.0594. The Balaban J connectivity index is 2.18. The largest absolute Gasteiger partial charge is 0.394 e. The van der Waals surface area contributed by atoms with E-state index in [1.165, 1.54) is 12.1 Å². The number of nitrogens with zero attached hydrogens (tertiary/aromatic N) is 1. The molecule has 1 aromatic carbocycles. The summed E-state index contributed by atoms with van der Waals surface area (Å²) >= 11 is 0. The molecule has 0 aromatic heterocycles. The van der Waals surface area contributed by atoms with E-state index in [0.29, 0.717) is 5.69 Å². The lowest BCUT2D eigenvalue weighted by molar-refractivity contribution is -0.383. The zero-order valence-corrected chi connectivity index (χ0v) is 8.64. The molecular formula is C10H13N3O3. The second-order valence-electron chi connectivity index (χ2n) is 4.09. The fourth-order valence-electron chi connectivity index (χ4n) is 1.58. The Morgan fingerprint density at radius 1 is 1.56 bits per heavy atom. The van der Waals surface area contributed by atoms with Gasteiger partial charge in [0.15, 0.2) is 0 Å². The minimum atomic E-state index is -0.516. The van der Waals surface area contributed by atoms with Crippen molar-refractivity contribution >= 4 is 17.1 Å². The van der Waals surface area contributed by atoms with Gasteiger partial charge >= 0.3 is 0 Å². The summed E-state index contributed by atoms with van der Waals surface area (Å²) in [5, 5.41) is 22.8. The van der Waals surface area contributed by atoms with Crippen LogP contribution in [0.4, 0.5) is 17.1 Å². The van der Waals surface area contributed by atoms with Crippen LogP contribution >= 0.6 is 0 Å². The standard InChI is InChI=1S/C10H13N3O3/c11-8-5-7(1-2-9(8)13(15)16)12-10(6-14)3-4-10/h1-2,5,12,14H,3-4,6,11H2. The number of benzene rings is 1. The molecule has 86 valence electrons. The van der Waals surface area contributed by atoms with E-state index in [-0.39, 0.29) is 23.5 Å².